The van der Waals surface area contributed by atoms with Crippen LogP contribution in [0.4, 0.5) is 0 Å². The van der Waals surface area contributed by atoms with Crippen LogP contribution in [0.5, 0.6) is 0 Å². The van der Waals surface area contributed by atoms with Crippen molar-refractivity contribution in [2.75, 3.05) is 40.0 Å². The van der Waals surface area contributed by atoms with Crippen LogP contribution >= 0.6 is 0 Å². The molecule has 0 heterocycles. The second-order valence-electron chi connectivity index (χ2n) is 3.97. The maximum atomic E-state index is 11.7. The van der Waals surface area contributed by atoms with Crippen molar-refractivity contribution < 1.29 is 14.3 Å². The summed E-state index contributed by atoms with van der Waals surface area (Å²) in [5.41, 5.74) is 0. The molecule has 0 atom stereocenters. The predicted molar refractivity (Wildman–Crippen MR) is 60.8 cm³/mol. The highest BCUT2D eigenvalue weighted by molar-refractivity contribution is 5.77. The van der Waals surface area contributed by atoms with Crippen molar-refractivity contribution in [2.45, 2.75) is 12.8 Å². The standard InChI is InChI=1S/C12H19NO3/c1-3-6-13(9-11-4-5-11)12(14)10-16-8-7-15-2/h1,11H,4-10H2,2H3. The fourth-order valence-corrected chi connectivity index (χ4v) is 1.37. The Morgan fingerprint density at radius 3 is 2.81 bits per heavy atom. The lowest BCUT2D eigenvalue weighted by Crippen LogP contribution is -2.36. The Kier molecular flexibility index (Phi) is 5.91. The summed E-state index contributed by atoms with van der Waals surface area (Å²) in [6, 6.07) is 0. The van der Waals surface area contributed by atoms with E-state index in [1.807, 2.05) is 0 Å². The van der Waals surface area contributed by atoms with Crippen LogP contribution in [-0.2, 0) is 14.3 Å². The number of amides is 1. The lowest BCUT2D eigenvalue weighted by molar-refractivity contribution is -0.136. The number of nitrogens with zero attached hydrogens (tertiary/aromatic N) is 1. The Bertz CT molecular complexity index is 255. The lowest BCUT2D eigenvalue weighted by Gasteiger charge is -2.19. The molecule has 0 spiro atoms. The molecule has 0 bridgehead atoms. The monoisotopic (exact) mass is 225 g/mol. The summed E-state index contributed by atoms with van der Waals surface area (Å²) >= 11 is 0. The van der Waals surface area contributed by atoms with Crippen LogP contribution < -0.4 is 0 Å². The van der Waals surface area contributed by atoms with Gasteiger partial charge < -0.3 is 14.4 Å². The normalized spacial score (nSPS) is 14.5. The number of carbonyl (C=O) groups is 1. The van der Waals surface area contributed by atoms with Gasteiger partial charge >= 0.3 is 0 Å². The van der Waals surface area contributed by atoms with Crippen molar-refractivity contribution in [1.82, 2.24) is 4.90 Å². The first-order chi connectivity index (χ1) is 7.77. The van der Waals surface area contributed by atoms with E-state index in [0.29, 0.717) is 25.7 Å². The van der Waals surface area contributed by atoms with Gasteiger partial charge in [-0.3, -0.25) is 4.79 Å². The first kappa shape index (κ1) is 13.0. The van der Waals surface area contributed by atoms with Crippen LogP contribution in [-0.4, -0.2) is 50.8 Å². The molecular formula is C12H19NO3. The zero-order chi connectivity index (χ0) is 11.8. The van der Waals surface area contributed by atoms with Gasteiger partial charge in [-0.05, 0) is 18.8 Å². The molecule has 0 radical (unpaired) electrons. The molecule has 0 aliphatic heterocycles. The van der Waals surface area contributed by atoms with Crippen LogP contribution in [0, 0.1) is 18.3 Å². The van der Waals surface area contributed by atoms with Gasteiger partial charge in [0.25, 0.3) is 0 Å². The smallest absolute Gasteiger partial charge is 0.249 e. The van der Waals surface area contributed by atoms with Gasteiger partial charge in [-0.15, -0.1) is 6.42 Å². The van der Waals surface area contributed by atoms with E-state index in [-0.39, 0.29) is 12.5 Å². The van der Waals surface area contributed by atoms with E-state index in [0.717, 1.165) is 6.54 Å². The predicted octanol–water partition coefficient (Wildman–Crippen LogP) is 0.521. The molecule has 0 saturated heterocycles. The van der Waals surface area contributed by atoms with Gasteiger partial charge in [0.05, 0.1) is 19.8 Å². The van der Waals surface area contributed by atoms with Crippen LogP contribution in [0.15, 0.2) is 0 Å². The average molecular weight is 225 g/mol. The van der Waals surface area contributed by atoms with E-state index < -0.39 is 0 Å². The Labute approximate surface area is 96.9 Å². The SMILES string of the molecule is C#CCN(CC1CC1)C(=O)COCCOC. The van der Waals surface area contributed by atoms with E-state index in [1.165, 1.54) is 12.8 Å². The summed E-state index contributed by atoms with van der Waals surface area (Å²) in [6.07, 6.45) is 7.65. The number of methoxy groups -OCH3 is 1. The molecule has 0 N–H and O–H groups in total. The second kappa shape index (κ2) is 7.26. The third kappa shape index (κ3) is 5.15. The van der Waals surface area contributed by atoms with Gasteiger partial charge in [-0.2, -0.15) is 0 Å². The number of terminal acetylenes is 1. The number of hydrogen-bond acceptors (Lipinski definition) is 3. The van der Waals surface area contributed by atoms with Crippen molar-refractivity contribution in [3.8, 4) is 12.3 Å². The fourth-order valence-electron chi connectivity index (χ4n) is 1.37. The maximum absolute atomic E-state index is 11.7. The zero-order valence-electron chi connectivity index (χ0n) is 9.78. The Morgan fingerprint density at radius 2 is 2.25 bits per heavy atom. The minimum Gasteiger partial charge on any atom is -0.382 e. The minimum atomic E-state index is -0.0269. The van der Waals surface area contributed by atoms with Crippen molar-refractivity contribution in [2.24, 2.45) is 5.92 Å². The summed E-state index contributed by atoms with van der Waals surface area (Å²) in [7, 11) is 1.60. The van der Waals surface area contributed by atoms with Gasteiger partial charge in [0.2, 0.25) is 5.91 Å². The molecule has 4 nitrogen and oxygen atoms in total. The third-order valence-corrected chi connectivity index (χ3v) is 2.47. The zero-order valence-corrected chi connectivity index (χ0v) is 9.78. The molecule has 0 aromatic rings. The van der Waals surface area contributed by atoms with E-state index in [9.17, 15) is 4.79 Å². The quantitative estimate of drug-likeness (QED) is 0.446. The van der Waals surface area contributed by atoms with E-state index >= 15 is 0 Å². The van der Waals surface area contributed by atoms with Gasteiger partial charge in [0, 0.05) is 13.7 Å². The number of ether oxygens (including phenoxy) is 2. The lowest BCUT2D eigenvalue weighted by atomic mass is 10.3. The molecule has 1 fully saturated rings. The molecule has 1 aliphatic rings. The summed E-state index contributed by atoms with van der Waals surface area (Å²) in [6.45, 7) is 2.19. The highest BCUT2D eigenvalue weighted by atomic mass is 16.5. The minimum absolute atomic E-state index is 0.0269. The molecule has 1 aliphatic carbocycles. The Balaban J connectivity index is 2.20. The molecule has 16 heavy (non-hydrogen) atoms. The molecule has 1 amide bonds. The largest absolute Gasteiger partial charge is 0.382 e. The number of rotatable bonds is 8. The van der Waals surface area contributed by atoms with Crippen LogP contribution in [0.2, 0.25) is 0 Å². The van der Waals surface area contributed by atoms with Gasteiger partial charge in [0.15, 0.2) is 0 Å². The van der Waals surface area contributed by atoms with Crippen LogP contribution in [0.1, 0.15) is 12.8 Å². The molecule has 90 valence electrons. The molecule has 4 heteroatoms. The van der Waals surface area contributed by atoms with Crippen molar-refractivity contribution >= 4 is 5.91 Å². The average Bonchev–Trinajstić information content (AvgIpc) is 3.07. The number of hydrogen-bond donors (Lipinski definition) is 0. The molecule has 0 aromatic heterocycles. The fraction of sp³-hybridized carbons (Fsp3) is 0.750. The maximum Gasteiger partial charge on any atom is 0.249 e. The van der Waals surface area contributed by atoms with Crippen molar-refractivity contribution in [1.29, 1.82) is 0 Å². The summed E-state index contributed by atoms with van der Waals surface area (Å²) < 4.78 is 10.0. The summed E-state index contributed by atoms with van der Waals surface area (Å²) in [5, 5.41) is 0. The van der Waals surface area contributed by atoms with Gasteiger partial charge in [0.1, 0.15) is 6.61 Å². The molecule has 1 rings (SSSR count). The first-order valence-corrected chi connectivity index (χ1v) is 5.55. The summed E-state index contributed by atoms with van der Waals surface area (Å²) in [4.78, 5) is 13.4. The highest BCUT2D eigenvalue weighted by Gasteiger charge is 2.26. The van der Waals surface area contributed by atoms with Gasteiger partial charge in [-0.25, -0.2) is 0 Å². The second-order valence-corrected chi connectivity index (χ2v) is 3.97. The Hall–Kier alpha value is -1.05. The molecular weight excluding hydrogens is 206 g/mol. The van der Waals surface area contributed by atoms with E-state index in [2.05, 4.69) is 5.92 Å². The molecule has 0 aromatic carbocycles. The topological polar surface area (TPSA) is 38.8 Å². The summed E-state index contributed by atoms with van der Waals surface area (Å²) in [5.74, 6) is 3.13. The third-order valence-electron chi connectivity index (χ3n) is 2.47. The highest BCUT2D eigenvalue weighted by Crippen LogP contribution is 2.29. The van der Waals surface area contributed by atoms with Crippen LogP contribution in [0.25, 0.3) is 0 Å². The number of carbonyl (C=O) groups excluding carboxylic acids is 1. The van der Waals surface area contributed by atoms with Crippen molar-refractivity contribution in [3.63, 3.8) is 0 Å². The van der Waals surface area contributed by atoms with Crippen molar-refractivity contribution in [3.05, 3.63) is 0 Å². The molecule has 0 unspecified atom stereocenters. The van der Waals surface area contributed by atoms with Crippen LogP contribution in [0.3, 0.4) is 0 Å². The molecule has 1 saturated carbocycles. The van der Waals surface area contributed by atoms with E-state index in [1.54, 1.807) is 12.0 Å². The van der Waals surface area contributed by atoms with E-state index in [4.69, 9.17) is 15.9 Å². The van der Waals surface area contributed by atoms with Gasteiger partial charge in [-0.1, -0.05) is 5.92 Å². The Morgan fingerprint density at radius 1 is 1.50 bits per heavy atom. The first-order valence-electron chi connectivity index (χ1n) is 5.55.